The lowest BCUT2D eigenvalue weighted by atomic mass is 10.2. The number of hydrogen-bond donors (Lipinski definition) is 1. The van der Waals surface area contributed by atoms with Gasteiger partial charge < -0.3 is 10.2 Å². The van der Waals surface area contributed by atoms with Crippen LogP contribution in [0.4, 0.5) is 10.1 Å². The van der Waals surface area contributed by atoms with Gasteiger partial charge in [0, 0.05) is 62.5 Å². The van der Waals surface area contributed by atoms with Crippen LogP contribution in [0.2, 0.25) is 0 Å². The molecular weight excluding hydrogens is 273 g/mol. The van der Waals surface area contributed by atoms with Crippen molar-refractivity contribution in [3.8, 4) is 0 Å². The fourth-order valence-corrected chi connectivity index (χ4v) is 3.83. The average molecular weight is 295 g/mol. The third kappa shape index (κ3) is 3.65. The Morgan fingerprint density at radius 1 is 1.15 bits per heavy atom. The molecule has 0 aromatic heterocycles. The highest BCUT2D eigenvalue weighted by Crippen LogP contribution is 2.17. The molecule has 3 rings (SSSR count). The molecule has 2 fully saturated rings. The van der Waals surface area contributed by atoms with Gasteiger partial charge in [0.25, 0.3) is 0 Å². The van der Waals surface area contributed by atoms with E-state index in [1.165, 1.54) is 11.5 Å². The van der Waals surface area contributed by atoms with E-state index < -0.39 is 0 Å². The first-order valence-electron chi connectivity index (χ1n) is 7.35. The maximum Gasteiger partial charge on any atom is 0.123 e. The quantitative estimate of drug-likeness (QED) is 0.913. The molecule has 1 aromatic carbocycles. The van der Waals surface area contributed by atoms with Crippen LogP contribution in [-0.2, 0) is 0 Å². The molecule has 2 aliphatic rings. The highest BCUT2D eigenvalue weighted by Gasteiger charge is 2.21. The highest BCUT2D eigenvalue weighted by atomic mass is 32.2. The molecule has 1 N–H and O–H groups in total. The molecule has 2 saturated heterocycles. The van der Waals surface area contributed by atoms with E-state index >= 15 is 0 Å². The van der Waals surface area contributed by atoms with Gasteiger partial charge in [-0.2, -0.15) is 11.8 Å². The maximum absolute atomic E-state index is 12.9. The molecule has 2 aliphatic heterocycles. The van der Waals surface area contributed by atoms with Crippen LogP contribution in [0.25, 0.3) is 0 Å². The van der Waals surface area contributed by atoms with Crippen molar-refractivity contribution in [2.75, 3.05) is 55.7 Å². The zero-order valence-electron chi connectivity index (χ0n) is 11.7. The molecule has 1 aromatic rings. The summed E-state index contributed by atoms with van der Waals surface area (Å²) in [6.45, 7) is 6.56. The molecule has 0 saturated carbocycles. The fourth-order valence-electron chi connectivity index (χ4n) is 2.89. The fraction of sp³-hybridized carbons (Fsp3) is 0.600. The molecule has 5 heteroatoms. The van der Waals surface area contributed by atoms with E-state index in [2.05, 4.69) is 26.9 Å². The molecule has 0 spiro atoms. The van der Waals surface area contributed by atoms with E-state index in [1.54, 1.807) is 12.1 Å². The summed E-state index contributed by atoms with van der Waals surface area (Å²) < 4.78 is 12.9. The Balaban J connectivity index is 1.47. The van der Waals surface area contributed by atoms with Crippen LogP contribution < -0.4 is 10.2 Å². The van der Waals surface area contributed by atoms with E-state index in [0.717, 1.165) is 45.0 Å². The zero-order valence-corrected chi connectivity index (χ0v) is 12.5. The van der Waals surface area contributed by atoms with Crippen molar-refractivity contribution in [1.29, 1.82) is 0 Å². The van der Waals surface area contributed by atoms with Gasteiger partial charge >= 0.3 is 0 Å². The smallest absolute Gasteiger partial charge is 0.123 e. The number of hydrogen-bond acceptors (Lipinski definition) is 4. The first kappa shape index (κ1) is 14.2. The van der Waals surface area contributed by atoms with Gasteiger partial charge in [0.05, 0.1) is 0 Å². The summed E-state index contributed by atoms with van der Waals surface area (Å²) in [6, 6.07) is 7.50. The predicted octanol–water partition coefficient (Wildman–Crippen LogP) is 1.65. The van der Waals surface area contributed by atoms with Crippen LogP contribution in [0.15, 0.2) is 24.3 Å². The van der Waals surface area contributed by atoms with Crippen LogP contribution in [-0.4, -0.2) is 61.7 Å². The van der Waals surface area contributed by atoms with Crippen LogP contribution >= 0.6 is 11.8 Å². The Kier molecular flexibility index (Phi) is 4.81. The Morgan fingerprint density at radius 3 is 2.55 bits per heavy atom. The predicted molar refractivity (Wildman–Crippen MR) is 84.2 cm³/mol. The number of piperazine rings is 1. The lowest BCUT2D eigenvalue weighted by molar-refractivity contribution is 0.235. The Bertz CT molecular complexity index is 412. The molecule has 1 unspecified atom stereocenters. The van der Waals surface area contributed by atoms with Crippen LogP contribution in [0.1, 0.15) is 0 Å². The van der Waals surface area contributed by atoms with Crippen molar-refractivity contribution >= 4 is 17.4 Å². The Morgan fingerprint density at radius 2 is 1.90 bits per heavy atom. The van der Waals surface area contributed by atoms with Crippen molar-refractivity contribution in [3.05, 3.63) is 30.1 Å². The zero-order chi connectivity index (χ0) is 13.8. The van der Waals surface area contributed by atoms with Gasteiger partial charge in [-0.3, -0.25) is 4.90 Å². The van der Waals surface area contributed by atoms with Gasteiger partial charge in [-0.25, -0.2) is 4.39 Å². The van der Waals surface area contributed by atoms with Gasteiger partial charge in [0.15, 0.2) is 0 Å². The van der Waals surface area contributed by atoms with Crippen molar-refractivity contribution in [2.24, 2.45) is 0 Å². The summed E-state index contributed by atoms with van der Waals surface area (Å²) in [4.78, 5) is 4.89. The standard InChI is InChI=1S/C15H22FN3S/c16-13-1-3-15(4-2-13)19-8-6-18(7-9-19)11-14-12-20-10-5-17-14/h1-4,14,17H,5-12H2. The van der Waals surface area contributed by atoms with Gasteiger partial charge in [-0.05, 0) is 24.3 Å². The third-order valence-electron chi connectivity index (χ3n) is 4.04. The number of halogens is 1. The minimum absolute atomic E-state index is 0.159. The molecule has 0 aliphatic carbocycles. The second-order valence-corrected chi connectivity index (χ2v) is 6.64. The van der Waals surface area contributed by atoms with E-state index in [1.807, 2.05) is 12.1 Å². The number of nitrogens with one attached hydrogen (secondary N) is 1. The van der Waals surface area contributed by atoms with E-state index in [9.17, 15) is 4.39 Å². The number of nitrogens with zero attached hydrogens (tertiary/aromatic N) is 2. The Hall–Kier alpha value is -0.780. The first-order chi connectivity index (χ1) is 9.81. The number of anilines is 1. The second-order valence-electron chi connectivity index (χ2n) is 5.49. The van der Waals surface area contributed by atoms with Crippen molar-refractivity contribution < 1.29 is 4.39 Å². The molecule has 20 heavy (non-hydrogen) atoms. The van der Waals surface area contributed by atoms with Crippen LogP contribution in [0.3, 0.4) is 0 Å². The summed E-state index contributed by atoms with van der Waals surface area (Å²) in [7, 11) is 0. The van der Waals surface area contributed by atoms with Gasteiger partial charge in [0.1, 0.15) is 5.82 Å². The van der Waals surface area contributed by atoms with Crippen LogP contribution in [0.5, 0.6) is 0 Å². The second kappa shape index (κ2) is 6.78. The number of benzene rings is 1. The summed E-state index contributed by atoms with van der Waals surface area (Å²) in [5.41, 5.74) is 1.14. The van der Waals surface area contributed by atoms with E-state index in [-0.39, 0.29) is 5.82 Å². The maximum atomic E-state index is 12.9. The van der Waals surface area contributed by atoms with Gasteiger partial charge in [-0.15, -0.1) is 0 Å². The molecule has 0 bridgehead atoms. The largest absolute Gasteiger partial charge is 0.369 e. The highest BCUT2D eigenvalue weighted by molar-refractivity contribution is 7.99. The van der Waals surface area contributed by atoms with Crippen molar-refractivity contribution in [1.82, 2.24) is 10.2 Å². The SMILES string of the molecule is Fc1ccc(N2CCN(CC3CSCCN3)CC2)cc1. The monoisotopic (exact) mass is 295 g/mol. The Labute approximate surface area is 124 Å². The lowest BCUT2D eigenvalue weighted by Gasteiger charge is -2.38. The summed E-state index contributed by atoms with van der Waals surface area (Å²) in [5, 5.41) is 3.60. The van der Waals surface area contributed by atoms with Crippen molar-refractivity contribution in [3.63, 3.8) is 0 Å². The number of rotatable bonds is 3. The first-order valence-corrected chi connectivity index (χ1v) is 8.51. The molecule has 0 radical (unpaired) electrons. The normalized spacial score (nSPS) is 24.9. The van der Waals surface area contributed by atoms with E-state index in [0.29, 0.717) is 6.04 Å². The van der Waals surface area contributed by atoms with Gasteiger partial charge in [0.2, 0.25) is 0 Å². The molecule has 0 amide bonds. The number of thioether (sulfide) groups is 1. The molecule has 1 atom stereocenters. The molecule has 2 heterocycles. The lowest BCUT2D eigenvalue weighted by Crippen LogP contribution is -2.52. The van der Waals surface area contributed by atoms with Gasteiger partial charge in [-0.1, -0.05) is 0 Å². The summed E-state index contributed by atoms with van der Waals surface area (Å²) >= 11 is 2.06. The molecule has 3 nitrogen and oxygen atoms in total. The minimum atomic E-state index is -0.159. The minimum Gasteiger partial charge on any atom is -0.369 e. The average Bonchev–Trinajstić information content (AvgIpc) is 2.50. The topological polar surface area (TPSA) is 18.5 Å². The van der Waals surface area contributed by atoms with Crippen molar-refractivity contribution in [2.45, 2.75) is 6.04 Å². The molecule has 110 valence electrons. The molecular formula is C15H22FN3S. The third-order valence-corrected chi connectivity index (χ3v) is 5.17. The summed E-state index contributed by atoms with van der Waals surface area (Å²) in [6.07, 6.45) is 0. The van der Waals surface area contributed by atoms with E-state index in [4.69, 9.17) is 0 Å². The summed E-state index contributed by atoms with van der Waals surface area (Å²) in [5.74, 6) is 2.32. The van der Waals surface area contributed by atoms with Crippen LogP contribution in [0, 0.1) is 5.82 Å².